The predicted molar refractivity (Wildman–Crippen MR) is 76.8 cm³/mol. The van der Waals surface area contributed by atoms with Gasteiger partial charge in [0, 0.05) is 19.4 Å². The highest BCUT2D eigenvalue weighted by atomic mass is 16.5. The minimum Gasteiger partial charge on any atom is -0.461 e. The van der Waals surface area contributed by atoms with Crippen molar-refractivity contribution in [1.29, 1.82) is 0 Å². The molecule has 0 amide bonds. The van der Waals surface area contributed by atoms with Gasteiger partial charge in [-0.2, -0.15) is 0 Å². The first-order valence-corrected chi connectivity index (χ1v) is 6.26. The van der Waals surface area contributed by atoms with Gasteiger partial charge in [-0.25, -0.2) is 0 Å². The Hall–Kier alpha value is -2.36. The van der Waals surface area contributed by atoms with Crippen molar-refractivity contribution in [3.8, 4) is 0 Å². The molecular formula is C16H18O4. The Kier molecular flexibility index (Phi) is 6.82. The summed E-state index contributed by atoms with van der Waals surface area (Å²) in [6.07, 6.45) is 5.53. The van der Waals surface area contributed by atoms with Crippen LogP contribution in [0.5, 0.6) is 0 Å². The molecule has 4 heteroatoms. The second-order valence-corrected chi connectivity index (χ2v) is 4.16. The number of benzene rings is 1. The van der Waals surface area contributed by atoms with E-state index in [0.29, 0.717) is 5.57 Å². The summed E-state index contributed by atoms with van der Waals surface area (Å²) in [5.74, 6) is -0.739. The smallest absolute Gasteiger partial charge is 0.302 e. The fourth-order valence-electron chi connectivity index (χ4n) is 1.39. The lowest BCUT2D eigenvalue weighted by atomic mass is 10.2. The normalized spacial score (nSPS) is 10.1. The van der Waals surface area contributed by atoms with Crippen molar-refractivity contribution in [3.05, 3.63) is 53.6 Å². The Bertz CT molecular complexity index is 480. The van der Waals surface area contributed by atoms with Gasteiger partial charge in [0.05, 0.1) is 0 Å². The summed E-state index contributed by atoms with van der Waals surface area (Å²) < 4.78 is 9.81. The molecule has 0 aliphatic heterocycles. The highest BCUT2D eigenvalue weighted by Gasteiger charge is 2.02. The molecule has 0 aliphatic carbocycles. The van der Waals surface area contributed by atoms with Crippen LogP contribution in [0.3, 0.4) is 0 Å². The number of esters is 2. The second-order valence-electron chi connectivity index (χ2n) is 4.16. The Morgan fingerprint density at radius 3 is 2.05 bits per heavy atom. The molecule has 1 rings (SSSR count). The maximum Gasteiger partial charge on any atom is 0.302 e. The molecule has 0 heterocycles. The van der Waals surface area contributed by atoms with E-state index in [1.165, 1.54) is 13.8 Å². The molecule has 0 radical (unpaired) electrons. The molecule has 1 aromatic rings. The molecule has 0 saturated carbocycles. The lowest BCUT2D eigenvalue weighted by Gasteiger charge is -2.07. The van der Waals surface area contributed by atoms with Crippen LogP contribution >= 0.6 is 0 Å². The Labute approximate surface area is 118 Å². The van der Waals surface area contributed by atoms with Crippen LogP contribution in [0.2, 0.25) is 0 Å². The third kappa shape index (κ3) is 7.16. The standard InChI is InChI=1S/C16H18O4/c1-13(17)19-11-16(12-20-14(2)18)10-6-9-15-7-4-3-5-8-15/h3-10H,11-12H2,1-2H3/b9-6+. The van der Waals surface area contributed by atoms with Gasteiger partial charge in [0.15, 0.2) is 0 Å². The van der Waals surface area contributed by atoms with Gasteiger partial charge < -0.3 is 9.47 Å². The van der Waals surface area contributed by atoms with E-state index in [-0.39, 0.29) is 25.2 Å². The van der Waals surface area contributed by atoms with E-state index in [4.69, 9.17) is 9.47 Å². The number of ether oxygens (including phenoxy) is 2. The van der Waals surface area contributed by atoms with Crippen molar-refractivity contribution in [3.63, 3.8) is 0 Å². The van der Waals surface area contributed by atoms with Crippen molar-refractivity contribution >= 4 is 18.0 Å². The number of hydrogen-bond acceptors (Lipinski definition) is 4. The molecule has 20 heavy (non-hydrogen) atoms. The zero-order valence-corrected chi connectivity index (χ0v) is 11.7. The van der Waals surface area contributed by atoms with E-state index in [9.17, 15) is 9.59 Å². The van der Waals surface area contributed by atoms with Crippen molar-refractivity contribution < 1.29 is 19.1 Å². The lowest BCUT2D eigenvalue weighted by Crippen LogP contribution is -2.10. The second kappa shape index (κ2) is 8.69. The average molecular weight is 274 g/mol. The summed E-state index contributed by atoms with van der Waals surface area (Å²) in [5.41, 5.74) is 1.77. The quantitative estimate of drug-likeness (QED) is 0.591. The fourth-order valence-corrected chi connectivity index (χ4v) is 1.39. The van der Waals surface area contributed by atoms with E-state index in [1.807, 2.05) is 42.5 Å². The van der Waals surface area contributed by atoms with Gasteiger partial charge in [-0.15, -0.1) is 0 Å². The van der Waals surface area contributed by atoms with Gasteiger partial charge in [0.1, 0.15) is 13.2 Å². The van der Waals surface area contributed by atoms with Crippen LogP contribution in [-0.2, 0) is 19.1 Å². The highest BCUT2D eigenvalue weighted by Crippen LogP contribution is 2.04. The average Bonchev–Trinajstić information content (AvgIpc) is 2.42. The van der Waals surface area contributed by atoms with E-state index >= 15 is 0 Å². The highest BCUT2D eigenvalue weighted by molar-refractivity contribution is 5.67. The summed E-state index contributed by atoms with van der Waals surface area (Å²) in [7, 11) is 0. The van der Waals surface area contributed by atoms with Crippen LogP contribution in [0.15, 0.2) is 48.1 Å². The molecule has 0 saturated heterocycles. The molecule has 0 N–H and O–H groups in total. The zero-order valence-electron chi connectivity index (χ0n) is 11.7. The Morgan fingerprint density at radius 2 is 1.55 bits per heavy atom. The van der Waals surface area contributed by atoms with E-state index in [2.05, 4.69) is 0 Å². The van der Waals surface area contributed by atoms with Crippen molar-refractivity contribution in [2.75, 3.05) is 13.2 Å². The number of carbonyl (C=O) groups excluding carboxylic acids is 2. The minimum absolute atomic E-state index is 0.113. The van der Waals surface area contributed by atoms with Crippen molar-refractivity contribution in [2.45, 2.75) is 13.8 Å². The number of carbonyl (C=O) groups is 2. The summed E-state index contributed by atoms with van der Waals surface area (Å²) in [4.78, 5) is 21.6. The molecule has 4 nitrogen and oxygen atoms in total. The van der Waals surface area contributed by atoms with Gasteiger partial charge in [-0.3, -0.25) is 9.59 Å². The molecule has 0 aromatic heterocycles. The molecule has 0 aliphatic rings. The number of rotatable bonds is 6. The predicted octanol–water partition coefficient (Wildman–Crippen LogP) is 2.75. The van der Waals surface area contributed by atoms with Gasteiger partial charge in [0.2, 0.25) is 0 Å². The molecule has 0 unspecified atom stereocenters. The van der Waals surface area contributed by atoms with E-state index in [1.54, 1.807) is 6.08 Å². The molecule has 0 atom stereocenters. The lowest BCUT2D eigenvalue weighted by molar-refractivity contribution is -0.141. The van der Waals surface area contributed by atoms with Crippen LogP contribution in [0, 0.1) is 0 Å². The summed E-state index contributed by atoms with van der Waals surface area (Å²) in [5, 5.41) is 0. The maximum absolute atomic E-state index is 10.8. The molecular weight excluding hydrogens is 256 g/mol. The monoisotopic (exact) mass is 274 g/mol. The third-order valence-corrected chi connectivity index (χ3v) is 2.34. The summed E-state index contributed by atoms with van der Waals surface area (Å²) in [6.45, 7) is 2.90. The molecule has 106 valence electrons. The van der Waals surface area contributed by atoms with Gasteiger partial charge in [0.25, 0.3) is 0 Å². The van der Waals surface area contributed by atoms with Gasteiger partial charge in [-0.1, -0.05) is 48.6 Å². The number of allylic oxidation sites excluding steroid dienone is 2. The molecule has 0 fully saturated rings. The Balaban J connectivity index is 2.64. The summed E-state index contributed by atoms with van der Waals surface area (Å²) in [6, 6.07) is 9.79. The molecule has 0 spiro atoms. The largest absolute Gasteiger partial charge is 0.461 e. The van der Waals surface area contributed by atoms with Gasteiger partial charge >= 0.3 is 11.9 Å². The minimum atomic E-state index is -0.370. The SMILES string of the molecule is CC(=O)OCC(=C/C=C/c1ccccc1)COC(C)=O. The first-order valence-electron chi connectivity index (χ1n) is 6.26. The maximum atomic E-state index is 10.8. The van der Waals surface area contributed by atoms with Crippen LogP contribution < -0.4 is 0 Å². The van der Waals surface area contributed by atoms with Crippen LogP contribution in [0.25, 0.3) is 6.08 Å². The first-order chi connectivity index (χ1) is 9.58. The van der Waals surface area contributed by atoms with Crippen LogP contribution in [0.4, 0.5) is 0 Å². The third-order valence-electron chi connectivity index (χ3n) is 2.34. The van der Waals surface area contributed by atoms with Crippen LogP contribution in [-0.4, -0.2) is 25.2 Å². The van der Waals surface area contributed by atoms with E-state index in [0.717, 1.165) is 5.56 Å². The van der Waals surface area contributed by atoms with Crippen molar-refractivity contribution in [1.82, 2.24) is 0 Å². The fraction of sp³-hybridized carbons (Fsp3) is 0.250. The van der Waals surface area contributed by atoms with E-state index < -0.39 is 0 Å². The Morgan fingerprint density at radius 1 is 1.00 bits per heavy atom. The van der Waals surface area contributed by atoms with Gasteiger partial charge in [-0.05, 0) is 5.56 Å². The molecule has 0 bridgehead atoms. The van der Waals surface area contributed by atoms with Crippen LogP contribution in [0.1, 0.15) is 19.4 Å². The van der Waals surface area contributed by atoms with Crippen molar-refractivity contribution in [2.24, 2.45) is 0 Å². The summed E-state index contributed by atoms with van der Waals surface area (Å²) >= 11 is 0. The topological polar surface area (TPSA) is 52.6 Å². The molecule has 1 aromatic carbocycles. The number of hydrogen-bond donors (Lipinski definition) is 0. The first kappa shape index (κ1) is 15.7. The zero-order chi connectivity index (χ0) is 14.8.